The van der Waals surface area contributed by atoms with Gasteiger partial charge >= 0.3 is 0 Å². The fraction of sp³-hybridized carbons (Fsp3) is 0.253. The van der Waals surface area contributed by atoms with E-state index in [1.807, 2.05) is 77.5 Å². The minimum absolute atomic E-state index is 0.0429. The number of hydrogen-bond acceptors (Lipinski definition) is 8. The molecule has 13 nitrogen and oxygen atoms in total. The molecule has 0 saturated heterocycles. The van der Waals surface area contributed by atoms with Crippen LogP contribution in [0, 0.1) is 23.4 Å². The third kappa shape index (κ3) is 17.7. The zero-order valence-electron chi connectivity index (χ0n) is 63.8. The van der Waals surface area contributed by atoms with Gasteiger partial charge in [0, 0.05) is 61.9 Å². The Hall–Kier alpha value is -10.1. The molecule has 0 radical (unpaired) electrons. The largest absolute Gasteiger partial charge is 0.390 e. The van der Waals surface area contributed by atoms with Crippen LogP contribution in [0.2, 0.25) is 30.1 Å². The average Bonchev–Trinajstić information content (AvgIpc) is 1.62. The van der Waals surface area contributed by atoms with Crippen molar-refractivity contribution in [1.82, 2.24) is 45.0 Å². The Balaban J connectivity index is 0.000000131. The minimum atomic E-state index is -0.716. The Kier molecular flexibility index (Phi) is 24.8. The first-order valence-corrected chi connectivity index (χ1v) is 42.1. The highest BCUT2D eigenvalue weighted by Gasteiger charge is 2.40. The van der Waals surface area contributed by atoms with E-state index >= 15 is 0 Å². The Bertz CT molecular complexity index is 5840. The highest BCUT2D eigenvalue weighted by molar-refractivity contribution is 6.37. The molecule has 0 spiro atoms. The van der Waals surface area contributed by atoms with E-state index < -0.39 is 12.1 Å². The molecule has 6 aliphatic rings. The van der Waals surface area contributed by atoms with Gasteiger partial charge in [0.15, 0.2) is 17.2 Å². The number of aryl methyl sites for hydroxylation is 1. The standard InChI is InChI=1S/C33H30Cl2FN3O.C31H26Cl2FN3O2.C31H26Cl2FN3O/c34-23-14-17-30(28(35)20-23)39-32-22(19-21-12-15-24(36)16-13-21)7-1-2-10-27(32)31(38-39)33(40)26-9-4-3-8-25(26)29-11-5-6-18-37-29;32-21-11-14-26(25(33)17-21)37-30-20(15-18-9-12-22(34)13-10-18)6-2-4-8-24(30)29(36-37)31(39)35-28-23-7-3-1-5-19(23)16-27(28)38;32-22-12-16-28(26(33)18-22)37-30-21(17-19-9-13-23(34)14-10-19)6-2-4-8-25(30)29(36-37)31(38)35-27-15-11-20-5-1-3-7-24(20)27/h5-6,11-20,25-26H,1-4,7-10H2;1,3,5,7,9-15,17,27-28,38H,2,4,6,8,16H2,(H,35,39);1,3,5,7,9-10,12-14,16-18,27H,2,4,6,8,11,15H2,(H,35,38)/b22-19+;20-15+;21-17+/t;27-,28+;27-/m.11/s1. The summed E-state index contributed by atoms with van der Waals surface area (Å²) in [6, 6.07) is 56.4. The van der Waals surface area contributed by atoms with Crippen molar-refractivity contribution in [1.29, 1.82) is 0 Å². The molecule has 1 fully saturated rings. The Morgan fingerprint density at radius 2 is 0.829 bits per heavy atom. The van der Waals surface area contributed by atoms with Gasteiger partial charge < -0.3 is 15.7 Å². The predicted molar refractivity (Wildman–Crippen MR) is 461 cm³/mol. The van der Waals surface area contributed by atoms with Crippen molar-refractivity contribution in [2.24, 2.45) is 5.92 Å². The average molecular weight is 1680 g/mol. The molecule has 4 heterocycles. The highest BCUT2D eigenvalue weighted by atomic mass is 35.5. The van der Waals surface area contributed by atoms with Crippen LogP contribution in [-0.4, -0.2) is 63.1 Å². The number of nitrogens with zero attached hydrogens (tertiary/aromatic N) is 7. The lowest BCUT2D eigenvalue weighted by molar-refractivity contribution is 0.0849. The third-order valence-electron chi connectivity index (χ3n) is 23.0. The number of ketones is 1. The van der Waals surface area contributed by atoms with Gasteiger partial charge in [0.25, 0.3) is 11.8 Å². The van der Waals surface area contributed by atoms with E-state index in [9.17, 15) is 32.7 Å². The molecule has 18 rings (SSSR count). The number of fused-ring (bicyclic) bond motifs is 5. The number of nitrogens with one attached hydrogen (secondary N) is 2. The van der Waals surface area contributed by atoms with Crippen LogP contribution in [0.25, 0.3) is 52.0 Å². The summed E-state index contributed by atoms with van der Waals surface area (Å²) in [5.41, 5.74) is 19.5. The first-order valence-electron chi connectivity index (χ1n) is 39.9. The van der Waals surface area contributed by atoms with E-state index in [-0.39, 0.29) is 52.9 Å². The van der Waals surface area contributed by atoms with Crippen molar-refractivity contribution < 1.29 is 32.7 Å². The number of rotatable bonds is 13. The van der Waals surface area contributed by atoms with E-state index in [0.717, 1.165) is 193 Å². The van der Waals surface area contributed by atoms with Crippen LogP contribution >= 0.6 is 69.6 Å². The maximum atomic E-state index is 14.4. The van der Waals surface area contributed by atoms with Crippen molar-refractivity contribution >= 4 is 122 Å². The summed E-state index contributed by atoms with van der Waals surface area (Å²) in [7, 11) is 0. The smallest absolute Gasteiger partial charge is 0.272 e. The molecule has 0 aliphatic heterocycles. The highest BCUT2D eigenvalue weighted by Crippen LogP contribution is 2.45. The molecule has 22 heteroatoms. The number of carbonyl (C=O) groups is 3. The third-order valence-corrected chi connectivity index (χ3v) is 24.7. The lowest BCUT2D eigenvalue weighted by Gasteiger charge is -2.29. The lowest BCUT2D eigenvalue weighted by Crippen LogP contribution is -2.34. The maximum absolute atomic E-state index is 14.4. The SMILES string of the molecule is O=C(N[C@@H]1CCc2ccccc21)c1nn(-c2ccc(Cl)cc2Cl)c2c1CCCC/C2=C\c1ccc(F)cc1.O=C(N[C@H]1c2ccccc2C[C@H]1O)c1nn(-c2ccc(Cl)cc2Cl)c2c1CCCC/C2=C\c1ccc(F)cc1.O=C(c1nn(-c2ccc(Cl)cc2Cl)c2c1CCCC/C2=C\c1ccc(F)cc1)C1CCCCC1c1ccccn1. The summed E-state index contributed by atoms with van der Waals surface area (Å²) in [5.74, 6) is -1.41. The van der Waals surface area contributed by atoms with Gasteiger partial charge in [0.1, 0.15) is 23.1 Å². The number of aliphatic hydroxyl groups excluding tert-OH is 1. The van der Waals surface area contributed by atoms with Crippen LogP contribution in [0.3, 0.4) is 0 Å². The van der Waals surface area contributed by atoms with E-state index in [1.165, 1.54) is 47.5 Å². The monoisotopic (exact) mass is 1680 g/mol. The molecular formula is C95H82Cl6F3N9O4. The van der Waals surface area contributed by atoms with Crippen molar-refractivity contribution in [3.63, 3.8) is 0 Å². The van der Waals surface area contributed by atoms with Gasteiger partial charge in [-0.2, -0.15) is 15.3 Å². The van der Waals surface area contributed by atoms with Crippen LogP contribution in [0.5, 0.6) is 0 Å². The first-order chi connectivity index (χ1) is 56.9. The Morgan fingerprint density at radius 1 is 0.419 bits per heavy atom. The van der Waals surface area contributed by atoms with Crippen molar-refractivity contribution in [2.75, 3.05) is 0 Å². The van der Waals surface area contributed by atoms with Gasteiger partial charge in [-0.15, -0.1) is 0 Å². The number of aliphatic hydroxyl groups is 1. The summed E-state index contributed by atoms with van der Waals surface area (Å²) < 4.78 is 46.2. The van der Waals surface area contributed by atoms with Gasteiger partial charge in [-0.05, 0) is 280 Å². The number of amides is 2. The van der Waals surface area contributed by atoms with Crippen LogP contribution in [0.1, 0.15) is 218 Å². The number of aromatic nitrogens is 7. The second kappa shape index (κ2) is 36.0. The summed E-state index contributed by atoms with van der Waals surface area (Å²) in [6.45, 7) is 0. The van der Waals surface area contributed by atoms with Gasteiger partial charge in [-0.25, -0.2) is 27.2 Å². The molecule has 5 atom stereocenters. The number of halogens is 9. The molecule has 8 aromatic carbocycles. The van der Waals surface area contributed by atoms with Crippen molar-refractivity contribution in [3.05, 3.63) is 343 Å². The summed E-state index contributed by atoms with van der Waals surface area (Å²) in [5, 5.41) is 34.6. The van der Waals surface area contributed by atoms with Gasteiger partial charge in [0.2, 0.25) is 0 Å². The van der Waals surface area contributed by atoms with Crippen LogP contribution in [0.15, 0.2) is 200 Å². The zero-order chi connectivity index (χ0) is 81.0. The summed E-state index contributed by atoms with van der Waals surface area (Å²) in [6.07, 6.45) is 23.5. The molecule has 0 bridgehead atoms. The van der Waals surface area contributed by atoms with Crippen molar-refractivity contribution in [3.8, 4) is 17.1 Å². The molecule has 4 aromatic heterocycles. The van der Waals surface area contributed by atoms with E-state index in [0.29, 0.717) is 77.1 Å². The number of hydrogen-bond donors (Lipinski definition) is 3. The molecule has 3 N–H and O–H groups in total. The second-order valence-electron chi connectivity index (χ2n) is 30.6. The van der Waals surface area contributed by atoms with E-state index in [4.69, 9.17) is 84.9 Å². The Labute approximate surface area is 707 Å². The fourth-order valence-electron chi connectivity index (χ4n) is 17.5. The number of benzene rings is 8. The molecule has 117 heavy (non-hydrogen) atoms. The van der Waals surface area contributed by atoms with Gasteiger partial charge in [-0.3, -0.25) is 19.4 Å². The van der Waals surface area contributed by atoms with Crippen molar-refractivity contribution in [2.45, 2.75) is 146 Å². The van der Waals surface area contributed by atoms with Gasteiger partial charge in [0.05, 0.1) is 67.4 Å². The summed E-state index contributed by atoms with van der Waals surface area (Å²) in [4.78, 5) is 46.7. The molecule has 1 saturated carbocycles. The quantitative estimate of drug-likeness (QED) is 0.0759. The number of carbonyl (C=O) groups excluding carboxylic acids is 3. The fourth-order valence-corrected chi connectivity index (χ4v) is 18.9. The molecule has 594 valence electrons. The van der Waals surface area contributed by atoms with Crippen LogP contribution in [0.4, 0.5) is 13.2 Å². The maximum Gasteiger partial charge on any atom is 0.272 e. The van der Waals surface area contributed by atoms with E-state index in [1.54, 1.807) is 94.4 Å². The molecule has 2 amide bonds. The number of Topliss-reactive ketones (excluding diaryl/α,β-unsaturated/α-hetero) is 1. The number of allylic oxidation sites excluding steroid dienone is 3. The predicted octanol–water partition coefficient (Wildman–Crippen LogP) is 24.1. The zero-order valence-corrected chi connectivity index (χ0v) is 68.3. The number of pyridine rings is 1. The second-order valence-corrected chi connectivity index (χ2v) is 33.2. The van der Waals surface area contributed by atoms with E-state index in [2.05, 4.69) is 39.9 Å². The first kappa shape index (κ1) is 80.6. The molecule has 6 aliphatic carbocycles. The van der Waals surface area contributed by atoms with Crippen LogP contribution in [-0.2, 0) is 32.1 Å². The van der Waals surface area contributed by atoms with Gasteiger partial charge in [-0.1, -0.05) is 173 Å². The molecule has 12 aromatic rings. The molecule has 2 unspecified atom stereocenters. The topological polar surface area (TPSA) is 162 Å². The lowest BCUT2D eigenvalue weighted by atomic mass is 9.74. The normalized spacial score (nSPS) is 19.1. The van der Waals surface area contributed by atoms with Crippen LogP contribution < -0.4 is 10.6 Å². The Morgan fingerprint density at radius 3 is 1.29 bits per heavy atom. The minimum Gasteiger partial charge on any atom is -0.390 e. The molecular weight excluding hydrogens is 1600 g/mol. The summed E-state index contributed by atoms with van der Waals surface area (Å²) >= 11 is 38.6.